The lowest BCUT2D eigenvalue weighted by Crippen LogP contribution is -2.35. The first kappa shape index (κ1) is 18.5. The fourth-order valence-electron chi connectivity index (χ4n) is 3.85. The third-order valence-electron chi connectivity index (χ3n) is 5.47. The van der Waals surface area contributed by atoms with Gasteiger partial charge in [0, 0.05) is 31.4 Å². The van der Waals surface area contributed by atoms with Crippen LogP contribution in [0.2, 0.25) is 0 Å². The van der Waals surface area contributed by atoms with E-state index in [1.165, 1.54) is 0 Å². The van der Waals surface area contributed by atoms with E-state index in [2.05, 4.69) is 53.7 Å². The lowest BCUT2D eigenvalue weighted by atomic mass is 10.1. The number of pyridine rings is 1. The Morgan fingerprint density at radius 1 is 1.07 bits per heavy atom. The van der Waals surface area contributed by atoms with Crippen LogP contribution >= 0.6 is 0 Å². The summed E-state index contributed by atoms with van der Waals surface area (Å²) in [5.41, 5.74) is 1.93. The Balaban J connectivity index is 1.31. The second-order valence-corrected chi connectivity index (χ2v) is 7.76. The first-order valence-corrected chi connectivity index (χ1v) is 10.2. The van der Waals surface area contributed by atoms with E-state index in [1.54, 1.807) is 25.0 Å². The van der Waals surface area contributed by atoms with Crippen LogP contribution in [0.5, 0.6) is 0 Å². The van der Waals surface area contributed by atoms with Crippen LogP contribution in [0.1, 0.15) is 38.8 Å². The van der Waals surface area contributed by atoms with Crippen LogP contribution in [0.25, 0.3) is 11.0 Å². The van der Waals surface area contributed by atoms with Gasteiger partial charge in [-0.25, -0.2) is 24.6 Å². The van der Waals surface area contributed by atoms with Crippen LogP contribution in [0.3, 0.4) is 0 Å². The number of nitrogens with one attached hydrogen (secondary N) is 1. The van der Waals surface area contributed by atoms with Crippen molar-refractivity contribution < 1.29 is 0 Å². The molecule has 154 valence electrons. The minimum Gasteiger partial charge on any atom is -0.341 e. The van der Waals surface area contributed by atoms with Crippen LogP contribution < -0.4 is 10.2 Å². The molecule has 10 nitrogen and oxygen atoms in total. The Morgan fingerprint density at radius 3 is 2.70 bits per heavy atom. The van der Waals surface area contributed by atoms with Crippen molar-refractivity contribution in [1.29, 1.82) is 0 Å². The SMILES string of the molecule is CC(C)n1cnc2cnc(Nc3ccnc(N4CCC(n5cncn5)CC4)n3)cc21. The number of piperidine rings is 1. The standard InChI is InChI=1S/C20H24N10/c1-14(2)29-13-24-16-10-23-19(9-17(16)29)26-18-3-6-22-20(27-18)28-7-4-15(5-8-28)30-12-21-11-25-30/h3,6,9-15H,4-5,7-8H2,1-2H3,(H,22,23,26,27). The summed E-state index contributed by atoms with van der Waals surface area (Å²) in [7, 11) is 0. The molecule has 0 aromatic carbocycles. The van der Waals surface area contributed by atoms with E-state index in [-0.39, 0.29) is 0 Å². The minimum atomic E-state index is 0.330. The maximum absolute atomic E-state index is 4.71. The monoisotopic (exact) mass is 404 g/mol. The van der Waals surface area contributed by atoms with Gasteiger partial charge in [0.2, 0.25) is 5.95 Å². The molecule has 1 aliphatic heterocycles. The van der Waals surface area contributed by atoms with Crippen LogP contribution in [0, 0.1) is 0 Å². The summed E-state index contributed by atoms with van der Waals surface area (Å²) in [6, 6.07) is 4.58. The Bertz CT molecular complexity index is 1130. The second kappa shape index (κ2) is 7.69. The van der Waals surface area contributed by atoms with Gasteiger partial charge in [0.05, 0.1) is 24.1 Å². The van der Waals surface area contributed by atoms with Gasteiger partial charge in [0.25, 0.3) is 0 Å². The number of aromatic nitrogens is 8. The molecule has 0 spiro atoms. The van der Waals surface area contributed by atoms with Gasteiger partial charge < -0.3 is 14.8 Å². The van der Waals surface area contributed by atoms with E-state index in [0.29, 0.717) is 12.1 Å². The van der Waals surface area contributed by atoms with E-state index < -0.39 is 0 Å². The van der Waals surface area contributed by atoms with Crippen molar-refractivity contribution in [2.75, 3.05) is 23.3 Å². The molecule has 0 atom stereocenters. The van der Waals surface area contributed by atoms with E-state index in [0.717, 1.165) is 54.5 Å². The minimum absolute atomic E-state index is 0.330. The summed E-state index contributed by atoms with van der Waals surface area (Å²) in [6.45, 7) is 6.03. The number of anilines is 3. The summed E-state index contributed by atoms with van der Waals surface area (Å²) in [5, 5.41) is 7.58. The molecule has 0 unspecified atom stereocenters. The van der Waals surface area contributed by atoms with E-state index in [4.69, 9.17) is 4.98 Å². The van der Waals surface area contributed by atoms with Crippen molar-refractivity contribution in [2.45, 2.75) is 38.8 Å². The molecule has 1 saturated heterocycles. The average molecular weight is 404 g/mol. The summed E-state index contributed by atoms with van der Waals surface area (Å²) in [5.74, 6) is 2.19. The predicted molar refractivity (Wildman–Crippen MR) is 114 cm³/mol. The zero-order chi connectivity index (χ0) is 20.5. The molecule has 1 aliphatic rings. The molecule has 0 aliphatic carbocycles. The fourth-order valence-corrected chi connectivity index (χ4v) is 3.85. The number of imidazole rings is 1. The number of rotatable bonds is 5. The van der Waals surface area contributed by atoms with Gasteiger partial charge >= 0.3 is 0 Å². The summed E-state index contributed by atoms with van der Waals surface area (Å²) >= 11 is 0. The zero-order valence-electron chi connectivity index (χ0n) is 17.0. The van der Waals surface area contributed by atoms with Crippen molar-refractivity contribution >= 4 is 28.6 Å². The second-order valence-electron chi connectivity index (χ2n) is 7.76. The van der Waals surface area contributed by atoms with Gasteiger partial charge in [0.15, 0.2) is 0 Å². The molecule has 4 aromatic heterocycles. The molecule has 1 fully saturated rings. The predicted octanol–water partition coefficient (Wildman–Crippen LogP) is 2.98. The molecule has 5 rings (SSSR count). The van der Waals surface area contributed by atoms with E-state index in [9.17, 15) is 0 Å². The molecule has 0 saturated carbocycles. The normalized spacial score (nSPS) is 15.2. The van der Waals surface area contributed by atoms with Gasteiger partial charge in [-0.15, -0.1) is 0 Å². The third kappa shape index (κ3) is 3.56. The highest BCUT2D eigenvalue weighted by Crippen LogP contribution is 2.25. The zero-order valence-corrected chi connectivity index (χ0v) is 17.0. The highest BCUT2D eigenvalue weighted by Gasteiger charge is 2.22. The van der Waals surface area contributed by atoms with Crippen molar-refractivity contribution in [3.63, 3.8) is 0 Å². The molecule has 0 bridgehead atoms. The Morgan fingerprint density at radius 2 is 1.93 bits per heavy atom. The largest absolute Gasteiger partial charge is 0.341 e. The van der Waals surface area contributed by atoms with Crippen LogP contribution in [0.4, 0.5) is 17.6 Å². The molecule has 5 heterocycles. The summed E-state index contributed by atoms with van der Waals surface area (Å²) in [4.78, 5) is 24.3. The van der Waals surface area contributed by atoms with Crippen molar-refractivity contribution in [2.24, 2.45) is 0 Å². The summed E-state index contributed by atoms with van der Waals surface area (Å²) < 4.78 is 4.08. The number of hydrogen-bond acceptors (Lipinski definition) is 8. The molecule has 0 amide bonds. The third-order valence-corrected chi connectivity index (χ3v) is 5.47. The first-order chi connectivity index (χ1) is 14.7. The molecule has 10 heteroatoms. The Kier molecular flexibility index (Phi) is 4.74. The van der Waals surface area contributed by atoms with Crippen molar-refractivity contribution in [1.82, 2.24) is 39.3 Å². The number of hydrogen-bond donors (Lipinski definition) is 1. The Hall–Kier alpha value is -3.56. The van der Waals surface area contributed by atoms with Gasteiger partial charge in [-0.3, -0.25) is 0 Å². The summed E-state index contributed by atoms with van der Waals surface area (Å²) in [6.07, 6.45) is 10.8. The van der Waals surface area contributed by atoms with Gasteiger partial charge in [-0.1, -0.05) is 0 Å². The van der Waals surface area contributed by atoms with E-state index in [1.807, 2.05) is 23.1 Å². The lowest BCUT2D eigenvalue weighted by molar-refractivity contribution is 0.364. The maximum atomic E-state index is 4.71. The molecule has 1 N–H and O–H groups in total. The van der Waals surface area contributed by atoms with Gasteiger partial charge in [-0.2, -0.15) is 10.1 Å². The molecule has 30 heavy (non-hydrogen) atoms. The van der Waals surface area contributed by atoms with Crippen LogP contribution in [0.15, 0.2) is 43.5 Å². The topological polar surface area (TPSA) is 102 Å². The number of fused-ring (bicyclic) bond motifs is 1. The lowest BCUT2D eigenvalue weighted by Gasteiger charge is -2.31. The van der Waals surface area contributed by atoms with Gasteiger partial charge in [0.1, 0.15) is 29.8 Å². The van der Waals surface area contributed by atoms with Crippen molar-refractivity contribution in [3.05, 3.63) is 43.5 Å². The molecule has 0 radical (unpaired) electrons. The molecular formula is C20H24N10. The quantitative estimate of drug-likeness (QED) is 0.542. The molecular weight excluding hydrogens is 380 g/mol. The first-order valence-electron chi connectivity index (χ1n) is 10.2. The Labute approximate surface area is 174 Å². The number of nitrogens with zero attached hydrogens (tertiary/aromatic N) is 9. The van der Waals surface area contributed by atoms with Crippen LogP contribution in [-0.4, -0.2) is 52.4 Å². The molecule has 4 aromatic rings. The maximum Gasteiger partial charge on any atom is 0.227 e. The highest BCUT2D eigenvalue weighted by atomic mass is 15.3. The van der Waals surface area contributed by atoms with Crippen molar-refractivity contribution in [3.8, 4) is 0 Å². The average Bonchev–Trinajstić information content (AvgIpc) is 3.44. The smallest absolute Gasteiger partial charge is 0.227 e. The van der Waals surface area contributed by atoms with Crippen LogP contribution in [-0.2, 0) is 0 Å². The van der Waals surface area contributed by atoms with E-state index >= 15 is 0 Å². The fraction of sp³-hybridized carbons (Fsp3) is 0.400. The highest BCUT2D eigenvalue weighted by molar-refractivity contribution is 5.78. The van der Waals surface area contributed by atoms with Gasteiger partial charge in [-0.05, 0) is 32.8 Å².